The van der Waals surface area contributed by atoms with E-state index in [-0.39, 0.29) is 36.1 Å². The highest BCUT2D eigenvalue weighted by atomic mass is 127. The molecule has 9 heteroatoms. The van der Waals surface area contributed by atoms with Crippen LogP contribution in [0.25, 0.3) is 0 Å². The van der Waals surface area contributed by atoms with Crippen molar-refractivity contribution in [3.05, 3.63) is 18.5 Å². The van der Waals surface area contributed by atoms with Gasteiger partial charge in [-0.1, -0.05) is 0 Å². The van der Waals surface area contributed by atoms with Crippen LogP contribution in [0.4, 0.5) is 4.79 Å². The van der Waals surface area contributed by atoms with Crippen molar-refractivity contribution in [1.29, 1.82) is 0 Å². The second-order valence-corrected chi connectivity index (χ2v) is 7.44. The Bertz CT molecular complexity index is 585. The lowest BCUT2D eigenvalue weighted by molar-refractivity contribution is 0.0507. The molecule has 1 aliphatic heterocycles. The Kier molecular flexibility index (Phi) is 9.89. The van der Waals surface area contributed by atoms with Crippen LogP contribution in [0.3, 0.4) is 0 Å². The van der Waals surface area contributed by atoms with Gasteiger partial charge >= 0.3 is 6.09 Å². The van der Waals surface area contributed by atoms with Crippen molar-refractivity contribution in [3.63, 3.8) is 0 Å². The summed E-state index contributed by atoms with van der Waals surface area (Å²) >= 11 is 0. The van der Waals surface area contributed by atoms with Gasteiger partial charge in [-0.2, -0.15) is 5.10 Å². The number of hydrogen-bond donors (Lipinski definition) is 2. The fraction of sp³-hybridized carbons (Fsp3) is 0.722. The zero-order valence-electron chi connectivity index (χ0n) is 16.8. The summed E-state index contributed by atoms with van der Waals surface area (Å²) in [4.78, 5) is 18.8. The Morgan fingerprint density at radius 3 is 2.81 bits per heavy atom. The SMILES string of the molecule is CCNC(=NCCCn1cccn1)N1CCC(NC(=O)OC(C)(C)C)C1.I. The molecule has 1 fully saturated rings. The fourth-order valence-electron chi connectivity index (χ4n) is 2.82. The fourth-order valence-corrected chi connectivity index (χ4v) is 2.82. The first kappa shape index (κ1) is 23.5. The second kappa shape index (κ2) is 11.4. The highest BCUT2D eigenvalue weighted by Crippen LogP contribution is 2.12. The summed E-state index contributed by atoms with van der Waals surface area (Å²) < 4.78 is 7.25. The average Bonchev–Trinajstić information content (AvgIpc) is 3.20. The molecule has 0 bridgehead atoms. The topological polar surface area (TPSA) is 83.8 Å². The number of aromatic nitrogens is 2. The lowest BCUT2D eigenvalue weighted by Gasteiger charge is -2.23. The average molecular weight is 492 g/mol. The Morgan fingerprint density at radius 2 is 2.19 bits per heavy atom. The lowest BCUT2D eigenvalue weighted by Crippen LogP contribution is -2.44. The summed E-state index contributed by atoms with van der Waals surface area (Å²) in [6.45, 7) is 11.7. The lowest BCUT2D eigenvalue weighted by atomic mass is 10.2. The molecular formula is C18H33IN6O2. The van der Waals surface area contributed by atoms with Crippen molar-refractivity contribution < 1.29 is 9.53 Å². The third kappa shape index (κ3) is 8.81. The first-order chi connectivity index (χ1) is 12.4. The molecule has 1 aliphatic rings. The van der Waals surface area contributed by atoms with Crippen molar-refractivity contribution in [1.82, 2.24) is 25.3 Å². The number of alkyl carbamates (subject to hydrolysis) is 1. The van der Waals surface area contributed by atoms with Crippen molar-refractivity contribution in [2.24, 2.45) is 4.99 Å². The van der Waals surface area contributed by atoms with Gasteiger partial charge < -0.3 is 20.3 Å². The molecule has 2 rings (SSSR count). The van der Waals surface area contributed by atoms with Gasteiger partial charge in [0.05, 0.1) is 6.04 Å². The van der Waals surface area contributed by atoms with Gasteiger partial charge in [0.1, 0.15) is 5.60 Å². The first-order valence-electron chi connectivity index (χ1n) is 9.37. The molecule has 0 radical (unpaired) electrons. The Morgan fingerprint density at radius 1 is 1.41 bits per heavy atom. The summed E-state index contributed by atoms with van der Waals surface area (Å²) in [7, 11) is 0. The van der Waals surface area contributed by atoms with Gasteiger partial charge in [0.25, 0.3) is 0 Å². The smallest absolute Gasteiger partial charge is 0.407 e. The van der Waals surface area contributed by atoms with Crippen LogP contribution in [0.1, 0.15) is 40.5 Å². The molecule has 27 heavy (non-hydrogen) atoms. The van der Waals surface area contributed by atoms with E-state index in [4.69, 9.17) is 9.73 Å². The number of nitrogens with one attached hydrogen (secondary N) is 2. The van der Waals surface area contributed by atoms with E-state index in [0.29, 0.717) is 0 Å². The van der Waals surface area contributed by atoms with Crippen molar-refractivity contribution >= 4 is 36.0 Å². The van der Waals surface area contributed by atoms with Gasteiger partial charge in [0, 0.05) is 45.1 Å². The zero-order chi connectivity index (χ0) is 19.0. The maximum Gasteiger partial charge on any atom is 0.407 e. The van der Waals surface area contributed by atoms with Gasteiger partial charge in [-0.3, -0.25) is 9.67 Å². The number of aryl methyl sites for hydroxylation is 1. The summed E-state index contributed by atoms with van der Waals surface area (Å²) in [5.74, 6) is 0.904. The van der Waals surface area contributed by atoms with Crippen LogP contribution < -0.4 is 10.6 Å². The monoisotopic (exact) mass is 492 g/mol. The summed E-state index contributed by atoms with van der Waals surface area (Å²) in [6, 6.07) is 2.01. The number of likely N-dealkylation sites (tertiary alicyclic amines) is 1. The number of carbonyl (C=O) groups excluding carboxylic acids is 1. The highest BCUT2D eigenvalue weighted by Gasteiger charge is 2.27. The van der Waals surface area contributed by atoms with Crippen LogP contribution in [-0.2, 0) is 11.3 Å². The third-order valence-corrected chi connectivity index (χ3v) is 3.91. The number of guanidine groups is 1. The molecule has 0 spiro atoms. The number of amides is 1. The molecule has 2 heterocycles. The molecule has 2 N–H and O–H groups in total. The Balaban J connectivity index is 0.00000364. The minimum atomic E-state index is -0.479. The van der Waals surface area contributed by atoms with Crippen molar-refractivity contribution in [3.8, 4) is 0 Å². The van der Waals surface area contributed by atoms with Crippen LogP contribution in [0, 0.1) is 0 Å². The summed E-state index contributed by atoms with van der Waals surface area (Å²) in [5, 5.41) is 10.5. The third-order valence-electron chi connectivity index (χ3n) is 3.91. The quantitative estimate of drug-likeness (QED) is 0.276. The number of rotatable bonds is 6. The van der Waals surface area contributed by atoms with E-state index in [1.807, 2.05) is 37.7 Å². The molecule has 0 aliphatic carbocycles. The molecule has 154 valence electrons. The minimum Gasteiger partial charge on any atom is -0.444 e. The number of carbonyl (C=O) groups is 1. The number of nitrogens with zero attached hydrogens (tertiary/aromatic N) is 4. The van der Waals surface area contributed by atoms with Crippen LogP contribution in [0.5, 0.6) is 0 Å². The second-order valence-electron chi connectivity index (χ2n) is 7.44. The molecule has 1 unspecified atom stereocenters. The van der Waals surface area contributed by atoms with Crippen molar-refractivity contribution in [2.45, 2.75) is 58.7 Å². The Labute approximate surface area is 179 Å². The summed E-state index contributed by atoms with van der Waals surface area (Å²) in [6.07, 6.45) is 5.21. The first-order valence-corrected chi connectivity index (χ1v) is 9.37. The molecule has 1 aromatic rings. The van der Waals surface area contributed by atoms with E-state index in [0.717, 1.165) is 51.5 Å². The molecule has 0 aromatic carbocycles. The van der Waals surface area contributed by atoms with Crippen LogP contribution in [0.15, 0.2) is 23.5 Å². The van der Waals surface area contributed by atoms with E-state index >= 15 is 0 Å². The minimum absolute atomic E-state index is 0. The molecule has 1 atom stereocenters. The maximum absolute atomic E-state index is 11.9. The molecule has 1 aromatic heterocycles. The van der Waals surface area contributed by atoms with E-state index in [9.17, 15) is 4.79 Å². The van der Waals surface area contributed by atoms with E-state index in [1.165, 1.54) is 0 Å². The van der Waals surface area contributed by atoms with E-state index in [1.54, 1.807) is 6.20 Å². The number of ether oxygens (including phenoxy) is 1. The van der Waals surface area contributed by atoms with Gasteiger partial charge in [0.2, 0.25) is 0 Å². The number of halogens is 1. The normalized spacial score (nSPS) is 17.4. The number of aliphatic imine (C=N–C) groups is 1. The van der Waals surface area contributed by atoms with Gasteiger partial charge in [0.15, 0.2) is 5.96 Å². The standard InChI is InChI=1S/C18H32N6O2.HI/c1-5-19-16(20-9-6-11-24-12-7-10-21-24)23-13-8-15(14-23)22-17(25)26-18(2,3)4;/h7,10,12,15H,5-6,8-9,11,13-14H2,1-4H3,(H,19,20)(H,22,25);1H. The molecule has 1 saturated heterocycles. The van der Waals surface area contributed by atoms with Crippen LogP contribution in [0.2, 0.25) is 0 Å². The zero-order valence-corrected chi connectivity index (χ0v) is 19.1. The van der Waals surface area contributed by atoms with E-state index in [2.05, 4.69) is 27.6 Å². The van der Waals surface area contributed by atoms with Gasteiger partial charge in [-0.15, -0.1) is 24.0 Å². The molecule has 0 saturated carbocycles. The molecule has 1 amide bonds. The van der Waals surface area contributed by atoms with Crippen molar-refractivity contribution in [2.75, 3.05) is 26.2 Å². The molecular weight excluding hydrogens is 459 g/mol. The molecule has 8 nitrogen and oxygen atoms in total. The highest BCUT2D eigenvalue weighted by molar-refractivity contribution is 14.0. The van der Waals surface area contributed by atoms with Gasteiger partial charge in [-0.05, 0) is 46.6 Å². The maximum atomic E-state index is 11.9. The summed E-state index contributed by atoms with van der Waals surface area (Å²) in [5.41, 5.74) is -0.479. The van der Waals surface area contributed by atoms with Crippen LogP contribution in [-0.4, -0.2) is 64.6 Å². The largest absolute Gasteiger partial charge is 0.444 e. The predicted molar refractivity (Wildman–Crippen MR) is 118 cm³/mol. The van der Waals surface area contributed by atoms with Crippen LogP contribution >= 0.6 is 24.0 Å². The Hall–Kier alpha value is -1.52. The predicted octanol–water partition coefficient (Wildman–Crippen LogP) is 2.46. The number of hydrogen-bond acceptors (Lipinski definition) is 4. The van der Waals surface area contributed by atoms with Gasteiger partial charge in [-0.25, -0.2) is 4.79 Å². The van der Waals surface area contributed by atoms with E-state index < -0.39 is 5.60 Å².